The van der Waals surface area contributed by atoms with Gasteiger partial charge in [-0.1, -0.05) is 103 Å². The molecule has 3 aromatic heterocycles. The second-order valence-corrected chi connectivity index (χ2v) is 22.1. The Kier molecular flexibility index (Phi) is 23.4. The molecule has 2 amide bonds. The molecule has 78 heavy (non-hydrogen) atoms. The number of likely N-dealkylation sites (N-methyl/N-ethyl adjacent to an activating group) is 1. The molecule has 1 saturated heterocycles. The number of Topliss-reactive ketones (excluding diaryl/α,β-unsaturated/α-hetero) is 3. The van der Waals surface area contributed by atoms with Crippen molar-refractivity contribution in [3.8, 4) is 5.88 Å². The molecule has 6 atom stereocenters. The van der Waals surface area contributed by atoms with Crippen LogP contribution in [0.4, 0.5) is 5.95 Å². The molecular formula is C59H81N9O9S. The van der Waals surface area contributed by atoms with Crippen LogP contribution in [-0.4, -0.2) is 120 Å². The lowest BCUT2D eigenvalue weighted by Gasteiger charge is -2.40. The predicted molar refractivity (Wildman–Crippen MR) is 301 cm³/mol. The van der Waals surface area contributed by atoms with Gasteiger partial charge in [0.2, 0.25) is 17.7 Å². The topological polar surface area (TPSA) is 253 Å². The van der Waals surface area contributed by atoms with Gasteiger partial charge in [-0.05, 0) is 86.2 Å². The Labute approximate surface area is 463 Å². The number of nitrogens with zero attached hydrogens (tertiary/aromatic N) is 6. The van der Waals surface area contributed by atoms with Crippen molar-refractivity contribution in [2.75, 3.05) is 32.5 Å². The number of likely N-dealkylation sites (tertiary alicyclic amines) is 1. The standard InChI is InChI=1S/C59H81N9O9S/c1-8-27-68(57(73)45(38(6)10-3)32-50(71)48-16-11-12-28-67(48)7)49(37(4)5)33-51(76-29-9-2)56-64-47(35-78-56)54(72)63-46(58(74)75)31-41-21-19-40(20-22-41)30-44(70)15-13-14-43(69)26-25-39-17-23-42(24-18-39)34-77-55-52-53(62-36-61-52)65-59(60)66-55/h17-24,35-38,45-46,48-49,51H,8-16,25-34H2,1-7H3,(H,63,72)(H,74,75)(H3,60,61,62,65,66)/t38-,45-,46-,48+,49+,51+/m0/s1. The summed E-state index contributed by atoms with van der Waals surface area (Å²) in [5.74, 6) is -1.62. The maximum absolute atomic E-state index is 14.8. The summed E-state index contributed by atoms with van der Waals surface area (Å²) < 4.78 is 12.3. The largest absolute Gasteiger partial charge is 0.480 e. The van der Waals surface area contributed by atoms with E-state index in [1.165, 1.54) is 17.7 Å². The number of hydrogen-bond donors (Lipinski definition) is 4. The fraction of sp³-hybridized carbons (Fsp3) is 0.559. The summed E-state index contributed by atoms with van der Waals surface area (Å²) in [5, 5.41) is 15.0. The Morgan fingerprint density at radius 1 is 0.897 bits per heavy atom. The van der Waals surface area contributed by atoms with E-state index in [1.54, 1.807) is 29.6 Å². The first kappa shape index (κ1) is 60.8. The van der Waals surface area contributed by atoms with E-state index in [9.17, 15) is 33.9 Å². The maximum Gasteiger partial charge on any atom is 0.326 e. The molecule has 1 aliphatic heterocycles. The number of aryl methyl sites for hydroxylation is 1. The lowest BCUT2D eigenvalue weighted by molar-refractivity contribution is -0.145. The number of carbonyl (C=O) groups is 6. The maximum atomic E-state index is 14.8. The van der Waals surface area contributed by atoms with Gasteiger partial charge >= 0.3 is 5.97 Å². The number of ether oxygens (including phenoxy) is 2. The summed E-state index contributed by atoms with van der Waals surface area (Å²) in [6, 6.07) is 13.2. The van der Waals surface area contributed by atoms with Crippen molar-refractivity contribution in [3.63, 3.8) is 0 Å². The average Bonchev–Trinajstić information content (AvgIpc) is 4.13. The molecule has 5 N–H and O–H groups in total. The summed E-state index contributed by atoms with van der Waals surface area (Å²) in [6.07, 6.45) is 8.91. The van der Waals surface area contributed by atoms with Crippen molar-refractivity contribution < 1.29 is 43.3 Å². The number of aromatic amines is 1. The Morgan fingerprint density at radius 2 is 1.60 bits per heavy atom. The number of aliphatic carboxylic acids is 1. The third-order valence-electron chi connectivity index (χ3n) is 14.9. The number of nitrogens with two attached hydrogens (primary N) is 1. The van der Waals surface area contributed by atoms with E-state index in [2.05, 4.69) is 64.8 Å². The second-order valence-electron chi connectivity index (χ2n) is 21.2. The van der Waals surface area contributed by atoms with E-state index in [0.717, 1.165) is 61.8 Å². The molecule has 0 saturated carbocycles. The molecule has 0 unspecified atom stereocenters. The summed E-state index contributed by atoms with van der Waals surface area (Å²) in [6.45, 7) is 14.5. The van der Waals surface area contributed by atoms with Crippen LogP contribution < -0.4 is 15.8 Å². The van der Waals surface area contributed by atoms with Gasteiger partial charge in [-0.2, -0.15) is 9.97 Å². The van der Waals surface area contributed by atoms with Crippen LogP contribution in [0.15, 0.2) is 60.2 Å². The second kappa shape index (κ2) is 30.1. The first-order valence-corrected chi connectivity index (χ1v) is 28.8. The number of benzene rings is 2. The summed E-state index contributed by atoms with van der Waals surface area (Å²) >= 11 is 1.27. The van der Waals surface area contributed by atoms with E-state index >= 15 is 0 Å². The highest BCUT2D eigenvalue weighted by molar-refractivity contribution is 7.09. The Bertz CT molecular complexity index is 2760. The van der Waals surface area contributed by atoms with Crippen LogP contribution >= 0.6 is 11.3 Å². The van der Waals surface area contributed by atoms with Crippen LogP contribution in [0.1, 0.15) is 162 Å². The minimum Gasteiger partial charge on any atom is -0.480 e. The number of fused-ring (bicyclic) bond motifs is 1. The molecule has 0 bridgehead atoms. The molecule has 6 rings (SSSR count). The number of hydrogen-bond acceptors (Lipinski definition) is 15. The fourth-order valence-electron chi connectivity index (χ4n) is 10.1. The fourth-order valence-corrected chi connectivity index (χ4v) is 11.0. The number of amides is 2. The first-order chi connectivity index (χ1) is 37.5. The number of nitrogen functional groups attached to an aromatic ring is 1. The van der Waals surface area contributed by atoms with E-state index in [0.29, 0.717) is 72.9 Å². The van der Waals surface area contributed by atoms with Gasteiger partial charge in [0.15, 0.2) is 11.4 Å². The van der Waals surface area contributed by atoms with Gasteiger partial charge in [0, 0.05) is 75.4 Å². The number of nitrogens with one attached hydrogen (secondary N) is 2. The first-order valence-electron chi connectivity index (χ1n) is 27.9. The number of anilines is 1. The zero-order valence-corrected chi connectivity index (χ0v) is 47.4. The van der Waals surface area contributed by atoms with Crippen molar-refractivity contribution in [2.24, 2.45) is 17.8 Å². The van der Waals surface area contributed by atoms with Gasteiger partial charge in [0.1, 0.15) is 46.5 Å². The van der Waals surface area contributed by atoms with Crippen molar-refractivity contribution in [1.82, 2.24) is 40.0 Å². The molecule has 422 valence electrons. The van der Waals surface area contributed by atoms with Gasteiger partial charge in [-0.15, -0.1) is 11.3 Å². The van der Waals surface area contributed by atoms with E-state index in [-0.39, 0.29) is 91.1 Å². The zero-order chi connectivity index (χ0) is 56.3. The molecule has 2 aromatic carbocycles. The van der Waals surface area contributed by atoms with Crippen molar-refractivity contribution in [1.29, 1.82) is 0 Å². The van der Waals surface area contributed by atoms with E-state index in [1.807, 2.05) is 43.1 Å². The summed E-state index contributed by atoms with van der Waals surface area (Å²) in [4.78, 5) is 105. The minimum atomic E-state index is -1.26. The van der Waals surface area contributed by atoms with Crippen LogP contribution in [0.3, 0.4) is 0 Å². The van der Waals surface area contributed by atoms with Crippen LogP contribution in [0.5, 0.6) is 5.88 Å². The number of ketones is 3. The quantitative estimate of drug-likeness (QED) is 0.0306. The predicted octanol–water partition coefficient (Wildman–Crippen LogP) is 9.11. The summed E-state index contributed by atoms with van der Waals surface area (Å²) in [7, 11) is 2.00. The van der Waals surface area contributed by atoms with Gasteiger partial charge in [0.25, 0.3) is 5.91 Å². The minimum absolute atomic E-state index is 0.000221. The Hall–Kier alpha value is -6.44. The molecule has 0 aliphatic carbocycles. The number of aromatic nitrogens is 5. The number of rotatable bonds is 33. The normalized spacial score (nSPS) is 15.8. The van der Waals surface area contributed by atoms with E-state index < -0.39 is 29.9 Å². The molecule has 18 nitrogen and oxygen atoms in total. The summed E-state index contributed by atoms with van der Waals surface area (Å²) in [5.41, 5.74) is 10.2. The third kappa shape index (κ3) is 17.5. The number of thiazole rings is 1. The van der Waals surface area contributed by atoms with Crippen LogP contribution in [0.2, 0.25) is 0 Å². The molecule has 1 fully saturated rings. The Morgan fingerprint density at radius 3 is 2.28 bits per heavy atom. The molecule has 0 spiro atoms. The number of H-pyrrole nitrogens is 1. The van der Waals surface area contributed by atoms with Crippen molar-refractivity contribution in [2.45, 2.75) is 169 Å². The molecule has 5 aromatic rings. The van der Waals surface area contributed by atoms with Gasteiger partial charge in [-0.25, -0.2) is 14.8 Å². The number of carboxylic acids is 1. The smallest absolute Gasteiger partial charge is 0.326 e. The van der Waals surface area contributed by atoms with Crippen LogP contribution in [0, 0.1) is 17.8 Å². The van der Waals surface area contributed by atoms with Crippen LogP contribution in [-0.2, 0) is 54.6 Å². The average molecular weight is 1090 g/mol. The lowest BCUT2D eigenvalue weighted by atomic mass is 9.82. The van der Waals surface area contributed by atoms with Gasteiger partial charge in [-0.3, -0.25) is 28.9 Å². The molecule has 19 heteroatoms. The zero-order valence-electron chi connectivity index (χ0n) is 46.6. The number of piperidine rings is 1. The van der Waals surface area contributed by atoms with Crippen molar-refractivity contribution in [3.05, 3.63) is 93.2 Å². The monoisotopic (exact) mass is 1090 g/mol. The lowest BCUT2D eigenvalue weighted by Crippen LogP contribution is -2.50. The highest BCUT2D eigenvalue weighted by atomic mass is 32.1. The molecule has 4 heterocycles. The van der Waals surface area contributed by atoms with E-state index in [4.69, 9.17) is 20.2 Å². The number of carbonyl (C=O) groups excluding carboxylic acids is 5. The highest BCUT2D eigenvalue weighted by Crippen LogP contribution is 2.34. The number of carboxylic acid groups (broad SMARTS) is 1. The SMILES string of the molecule is CCCO[C@H](C[C@H](C(C)C)N(CCC)C(=O)[C@@H](CC(=O)[C@H]1CCCCN1C)[C@@H](C)CC)c1nc(C(=O)N[C@@H](Cc2ccc(CC(=O)CCCC(=O)CCc3ccc(COc4nc(N)nc5nc[nH]c45)cc3)cc2)C(=O)O)cs1. The molecule has 1 aliphatic rings. The van der Waals surface area contributed by atoms with Gasteiger partial charge < -0.3 is 35.5 Å². The third-order valence-corrected chi connectivity index (χ3v) is 15.8. The number of imidazole rings is 1. The molecule has 0 radical (unpaired) electrons. The van der Waals surface area contributed by atoms with Crippen LogP contribution in [0.25, 0.3) is 11.2 Å². The van der Waals surface area contributed by atoms with Gasteiger partial charge in [0.05, 0.1) is 12.4 Å². The Balaban J connectivity index is 0.973. The van der Waals surface area contributed by atoms with Crippen molar-refractivity contribution >= 4 is 63.6 Å². The highest BCUT2D eigenvalue weighted by Gasteiger charge is 2.38. The molecular weight excluding hydrogens is 1010 g/mol.